The fraction of sp³-hybridized carbons (Fsp3) is 1.00. The van der Waals surface area contributed by atoms with Crippen molar-refractivity contribution in [3.05, 3.63) is 0 Å². The molecule has 1 saturated heterocycles. The van der Waals surface area contributed by atoms with Crippen molar-refractivity contribution in [2.24, 2.45) is 5.73 Å². The third-order valence-electron chi connectivity index (χ3n) is 4.33. The Bertz CT molecular complexity index is 516. The summed E-state index contributed by atoms with van der Waals surface area (Å²) in [7, 11) is -6.52. The van der Waals surface area contributed by atoms with Gasteiger partial charge < -0.3 is 5.73 Å². The lowest BCUT2D eigenvalue weighted by Gasteiger charge is -2.27. The number of hydrogen-bond acceptors (Lipinski definition) is 5. The number of nitrogens with two attached hydrogens (primary N) is 1. The number of rotatable bonds is 3. The highest BCUT2D eigenvalue weighted by atomic mass is 32.2. The molecule has 1 heterocycles. The van der Waals surface area contributed by atoms with Crippen LogP contribution in [0, 0.1) is 0 Å². The zero-order valence-electron chi connectivity index (χ0n) is 11.6. The van der Waals surface area contributed by atoms with Gasteiger partial charge in [0.2, 0.25) is 10.0 Å². The van der Waals surface area contributed by atoms with Gasteiger partial charge in [0.15, 0.2) is 0 Å². The van der Waals surface area contributed by atoms with E-state index in [2.05, 4.69) is 4.72 Å². The Morgan fingerprint density at radius 1 is 0.950 bits per heavy atom. The van der Waals surface area contributed by atoms with Crippen molar-refractivity contribution >= 4 is 19.9 Å². The molecule has 0 radical (unpaired) electrons. The van der Waals surface area contributed by atoms with E-state index in [-0.39, 0.29) is 36.4 Å². The molecule has 0 aromatic carbocycles. The zero-order chi connectivity index (χ0) is 14.8. The molecule has 2 aliphatic rings. The second-order valence-corrected chi connectivity index (χ2v) is 10.2. The number of hydrogen-bond donors (Lipinski definition) is 2. The van der Waals surface area contributed by atoms with Crippen molar-refractivity contribution in [2.45, 2.75) is 62.3 Å². The number of sulfone groups is 1. The van der Waals surface area contributed by atoms with Gasteiger partial charge in [-0.05, 0) is 25.7 Å². The molecule has 2 unspecified atom stereocenters. The summed E-state index contributed by atoms with van der Waals surface area (Å²) in [5.74, 6) is -0.0649. The predicted molar refractivity (Wildman–Crippen MR) is 78.6 cm³/mol. The summed E-state index contributed by atoms with van der Waals surface area (Å²) >= 11 is 0. The van der Waals surface area contributed by atoms with Crippen LogP contribution in [0.15, 0.2) is 0 Å². The maximum absolute atomic E-state index is 12.4. The van der Waals surface area contributed by atoms with Gasteiger partial charge in [-0.25, -0.2) is 21.6 Å². The van der Waals surface area contributed by atoms with Crippen molar-refractivity contribution in [2.75, 3.05) is 11.5 Å². The maximum Gasteiger partial charge on any atom is 0.214 e. The van der Waals surface area contributed by atoms with Gasteiger partial charge in [0.05, 0.1) is 16.8 Å². The molecule has 1 saturated carbocycles. The third-order valence-corrected chi connectivity index (χ3v) is 8.02. The van der Waals surface area contributed by atoms with Gasteiger partial charge in [-0.2, -0.15) is 0 Å². The lowest BCUT2D eigenvalue weighted by atomic mass is 10.1. The molecule has 0 bridgehead atoms. The van der Waals surface area contributed by atoms with E-state index in [4.69, 9.17) is 5.73 Å². The molecule has 2 atom stereocenters. The minimum Gasteiger partial charge on any atom is -0.326 e. The molecule has 118 valence electrons. The normalized spacial score (nSPS) is 32.6. The van der Waals surface area contributed by atoms with Gasteiger partial charge in [-0.1, -0.05) is 19.3 Å². The molecule has 8 heteroatoms. The summed E-state index contributed by atoms with van der Waals surface area (Å²) in [5, 5.41) is -0.596. The summed E-state index contributed by atoms with van der Waals surface area (Å²) in [5.41, 5.74) is 6.04. The van der Waals surface area contributed by atoms with Gasteiger partial charge in [0.1, 0.15) is 9.84 Å². The average Bonchev–Trinajstić information content (AvgIpc) is 2.54. The largest absolute Gasteiger partial charge is 0.326 e. The Labute approximate surface area is 121 Å². The van der Waals surface area contributed by atoms with Crippen molar-refractivity contribution < 1.29 is 16.8 Å². The summed E-state index contributed by atoms with van der Waals surface area (Å²) in [4.78, 5) is 0. The van der Waals surface area contributed by atoms with Crippen LogP contribution in [0.2, 0.25) is 0 Å². The van der Waals surface area contributed by atoms with Gasteiger partial charge in [0.25, 0.3) is 0 Å². The molecule has 0 spiro atoms. The summed E-state index contributed by atoms with van der Waals surface area (Å²) in [6.45, 7) is 0. The third kappa shape index (κ3) is 4.16. The van der Waals surface area contributed by atoms with Crippen molar-refractivity contribution in [3.8, 4) is 0 Å². The second kappa shape index (κ2) is 6.29. The summed E-state index contributed by atoms with van der Waals surface area (Å²) in [6, 6.07) is -0.347. The first-order chi connectivity index (χ1) is 9.30. The molecule has 0 aromatic heterocycles. The molecule has 1 aliphatic carbocycles. The van der Waals surface area contributed by atoms with Crippen LogP contribution in [0.3, 0.4) is 0 Å². The van der Waals surface area contributed by atoms with Crippen LogP contribution < -0.4 is 10.5 Å². The fourth-order valence-corrected chi connectivity index (χ4v) is 6.52. The van der Waals surface area contributed by atoms with Gasteiger partial charge in [0, 0.05) is 12.1 Å². The lowest BCUT2D eigenvalue weighted by molar-refractivity contribution is 0.450. The van der Waals surface area contributed by atoms with Crippen LogP contribution in [0.5, 0.6) is 0 Å². The minimum atomic E-state index is -3.48. The van der Waals surface area contributed by atoms with Crippen LogP contribution in [-0.4, -0.2) is 45.7 Å². The molecule has 6 nitrogen and oxygen atoms in total. The van der Waals surface area contributed by atoms with Crippen LogP contribution >= 0.6 is 0 Å². The quantitative estimate of drug-likeness (QED) is 0.718. The van der Waals surface area contributed by atoms with E-state index in [1.165, 1.54) is 0 Å². The van der Waals surface area contributed by atoms with E-state index in [1.54, 1.807) is 0 Å². The minimum absolute atomic E-state index is 0.0324. The average molecular weight is 324 g/mol. The smallest absolute Gasteiger partial charge is 0.214 e. The van der Waals surface area contributed by atoms with Crippen molar-refractivity contribution in [3.63, 3.8) is 0 Å². The van der Waals surface area contributed by atoms with Gasteiger partial charge >= 0.3 is 0 Å². The monoisotopic (exact) mass is 324 g/mol. The van der Waals surface area contributed by atoms with E-state index in [1.807, 2.05) is 0 Å². The number of nitrogens with one attached hydrogen (secondary N) is 1. The highest BCUT2D eigenvalue weighted by Gasteiger charge is 2.35. The Morgan fingerprint density at radius 2 is 1.55 bits per heavy atom. The molecule has 2 fully saturated rings. The summed E-state index contributed by atoms with van der Waals surface area (Å²) in [6.07, 6.45) is 5.12. The molecular formula is C12H24N2O4S2. The van der Waals surface area contributed by atoms with Crippen LogP contribution in [0.1, 0.15) is 44.9 Å². The van der Waals surface area contributed by atoms with E-state index >= 15 is 0 Å². The van der Waals surface area contributed by atoms with E-state index in [0.29, 0.717) is 0 Å². The highest BCUT2D eigenvalue weighted by Crippen LogP contribution is 2.22. The van der Waals surface area contributed by atoms with E-state index < -0.39 is 25.1 Å². The Hall–Kier alpha value is -0.180. The van der Waals surface area contributed by atoms with Crippen LogP contribution in [0.25, 0.3) is 0 Å². The molecule has 2 rings (SSSR count). The standard InChI is InChI=1S/C12H24N2O4S2/c13-11-4-2-1-3-5-12(11)14-20(17,18)10-6-8-19(15,16)9-7-10/h10-12,14H,1-9,13H2. The Morgan fingerprint density at radius 3 is 2.20 bits per heavy atom. The van der Waals surface area contributed by atoms with Crippen molar-refractivity contribution in [1.29, 1.82) is 0 Å². The van der Waals surface area contributed by atoms with Crippen molar-refractivity contribution in [1.82, 2.24) is 4.72 Å². The first kappa shape index (κ1) is 16.2. The SMILES string of the molecule is NC1CCCCCC1NS(=O)(=O)C1CCS(=O)(=O)CC1. The topological polar surface area (TPSA) is 106 Å². The predicted octanol–water partition coefficient (Wildman–Crippen LogP) is 0.143. The number of sulfonamides is 1. The van der Waals surface area contributed by atoms with Gasteiger partial charge in [-0.3, -0.25) is 0 Å². The fourth-order valence-electron chi connectivity index (χ4n) is 2.97. The van der Waals surface area contributed by atoms with Crippen LogP contribution in [0.4, 0.5) is 0 Å². The maximum atomic E-state index is 12.4. The molecule has 0 aromatic rings. The van der Waals surface area contributed by atoms with Gasteiger partial charge in [-0.15, -0.1) is 0 Å². The van der Waals surface area contributed by atoms with Crippen LogP contribution in [-0.2, 0) is 19.9 Å². The Kier molecular flexibility index (Phi) is 5.09. The lowest BCUT2D eigenvalue weighted by Crippen LogP contribution is -2.50. The molecule has 0 amide bonds. The molecule has 3 N–H and O–H groups in total. The Balaban J connectivity index is 2.00. The highest BCUT2D eigenvalue weighted by molar-refractivity contribution is 7.92. The molecular weight excluding hydrogens is 300 g/mol. The summed E-state index contributed by atoms with van der Waals surface area (Å²) < 4.78 is 50.2. The molecule has 20 heavy (non-hydrogen) atoms. The zero-order valence-corrected chi connectivity index (χ0v) is 13.3. The first-order valence-electron chi connectivity index (χ1n) is 7.27. The second-order valence-electron chi connectivity index (χ2n) is 5.92. The molecule has 1 aliphatic heterocycles. The van der Waals surface area contributed by atoms with E-state index in [0.717, 1.165) is 32.1 Å². The van der Waals surface area contributed by atoms with E-state index in [9.17, 15) is 16.8 Å². The first-order valence-corrected chi connectivity index (χ1v) is 10.6.